The molecule has 0 saturated heterocycles. The standard InChI is InChI=1S/C30H29ClN4O5/c1-19-26(27(34-40-19)23-9-5-6-10-24(23)31)29(37)35(16-15-32)18-21-11-13-22(14-12-21)28(36)33-25(30(38)39)17-20-7-3-2-4-8-20/h2-14,25H,15-18,32H2,1H3,(H,33,36)(H,38,39)/t25-/m0/s1. The van der Waals surface area contributed by atoms with E-state index in [0.717, 1.165) is 11.1 Å². The van der Waals surface area contributed by atoms with E-state index in [1.807, 2.05) is 30.3 Å². The molecule has 9 nitrogen and oxygen atoms in total. The molecular formula is C30H29ClN4O5. The van der Waals surface area contributed by atoms with Crippen LogP contribution >= 0.6 is 11.6 Å². The highest BCUT2D eigenvalue weighted by Gasteiger charge is 2.27. The monoisotopic (exact) mass is 560 g/mol. The Morgan fingerprint density at radius 3 is 2.33 bits per heavy atom. The number of aliphatic carboxylic acids is 1. The van der Waals surface area contributed by atoms with Crippen LogP contribution in [-0.2, 0) is 17.8 Å². The van der Waals surface area contributed by atoms with E-state index >= 15 is 0 Å². The number of benzene rings is 3. The largest absolute Gasteiger partial charge is 0.480 e. The van der Waals surface area contributed by atoms with E-state index in [2.05, 4.69) is 10.5 Å². The van der Waals surface area contributed by atoms with Gasteiger partial charge in [-0.15, -0.1) is 0 Å². The number of carbonyl (C=O) groups is 3. The summed E-state index contributed by atoms with van der Waals surface area (Å²) in [5.41, 5.74) is 8.92. The van der Waals surface area contributed by atoms with Gasteiger partial charge >= 0.3 is 5.97 Å². The first kappa shape index (κ1) is 28.5. The molecule has 0 fully saturated rings. The van der Waals surface area contributed by atoms with E-state index in [-0.39, 0.29) is 32.0 Å². The Kier molecular flexibility index (Phi) is 9.31. The van der Waals surface area contributed by atoms with Crippen molar-refractivity contribution in [2.45, 2.75) is 25.9 Å². The zero-order valence-electron chi connectivity index (χ0n) is 21.8. The maximum absolute atomic E-state index is 13.6. The molecule has 0 radical (unpaired) electrons. The molecule has 0 saturated carbocycles. The molecule has 2 amide bonds. The summed E-state index contributed by atoms with van der Waals surface area (Å²) < 4.78 is 5.36. The fourth-order valence-electron chi connectivity index (χ4n) is 4.30. The molecule has 1 atom stereocenters. The Labute approximate surface area is 236 Å². The Morgan fingerprint density at radius 2 is 1.68 bits per heavy atom. The van der Waals surface area contributed by atoms with Crippen LogP contribution in [-0.4, -0.2) is 52.1 Å². The zero-order valence-corrected chi connectivity index (χ0v) is 22.6. The van der Waals surface area contributed by atoms with Crippen molar-refractivity contribution in [1.82, 2.24) is 15.4 Å². The molecule has 0 unspecified atom stereocenters. The number of aryl methyl sites for hydroxylation is 1. The second-order valence-electron chi connectivity index (χ2n) is 9.21. The van der Waals surface area contributed by atoms with Crippen LogP contribution < -0.4 is 11.1 Å². The molecule has 206 valence electrons. The molecule has 40 heavy (non-hydrogen) atoms. The van der Waals surface area contributed by atoms with Crippen LogP contribution in [0.25, 0.3) is 11.3 Å². The smallest absolute Gasteiger partial charge is 0.326 e. The van der Waals surface area contributed by atoms with Gasteiger partial charge in [0.05, 0.1) is 5.02 Å². The van der Waals surface area contributed by atoms with Gasteiger partial charge in [0.15, 0.2) is 0 Å². The number of hydrogen-bond acceptors (Lipinski definition) is 6. The van der Waals surface area contributed by atoms with Crippen LogP contribution in [0.5, 0.6) is 0 Å². The quantitative estimate of drug-likeness (QED) is 0.248. The zero-order chi connectivity index (χ0) is 28.6. The third kappa shape index (κ3) is 6.74. The van der Waals surface area contributed by atoms with Crippen molar-refractivity contribution >= 4 is 29.4 Å². The highest BCUT2D eigenvalue weighted by molar-refractivity contribution is 6.33. The number of aromatic nitrogens is 1. The summed E-state index contributed by atoms with van der Waals surface area (Å²) in [6, 6.07) is 21.7. The van der Waals surface area contributed by atoms with E-state index in [1.165, 1.54) is 0 Å². The van der Waals surface area contributed by atoms with Gasteiger partial charge in [0.1, 0.15) is 23.1 Å². The second kappa shape index (κ2) is 13.1. The van der Waals surface area contributed by atoms with Crippen LogP contribution in [0.1, 0.15) is 37.6 Å². The van der Waals surface area contributed by atoms with Gasteiger partial charge in [-0.3, -0.25) is 9.59 Å². The lowest BCUT2D eigenvalue weighted by Crippen LogP contribution is -2.42. The van der Waals surface area contributed by atoms with E-state index in [9.17, 15) is 19.5 Å². The average molecular weight is 561 g/mol. The van der Waals surface area contributed by atoms with Crippen molar-refractivity contribution in [2.75, 3.05) is 13.1 Å². The maximum Gasteiger partial charge on any atom is 0.326 e. The summed E-state index contributed by atoms with van der Waals surface area (Å²) in [4.78, 5) is 39.8. The molecule has 0 bridgehead atoms. The van der Waals surface area contributed by atoms with Crippen molar-refractivity contribution in [1.29, 1.82) is 0 Å². The lowest BCUT2D eigenvalue weighted by Gasteiger charge is -2.22. The Morgan fingerprint density at radius 1 is 1.00 bits per heavy atom. The highest BCUT2D eigenvalue weighted by atomic mass is 35.5. The number of rotatable bonds is 11. The van der Waals surface area contributed by atoms with Gasteiger partial charge in [0.25, 0.3) is 11.8 Å². The number of halogens is 1. The molecule has 0 aliphatic heterocycles. The number of nitrogens with two attached hydrogens (primary N) is 1. The summed E-state index contributed by atoms with van der Waals surface area (Å²) in [6.45, 7) is 2.39. The van der Waals surface area contributed by atoms with E-state index in [1.54, 1.807) is 60.4 Å². The van der Waals surface area contributed by atoms with Crippen LogP contribution in [0.3, 0.4) is 0 Å². The summed E-state index contributed by atoms with van der Waals surface area (Å²) in [5.74, 6) is -1.58. The van der Waals surface area contributed by atoms with Gasteiger partial charge in [0.2, 0.25) is 0 Å². The number of nitrogens with zero attached hydrogens (tertiary/aromatic N) is 2. The summed E-state index contributed by atoms with van der Waals surface area (Å²) >= 11 is 6.35. The maximum atomic E-state index is 13.6. The van der Waals surface area contributed by atoms with Crippen LogP contribution in [0, 0.1) is 6.92 Å². The summed E-state index contributed by atoms with van der Waals surface area (Å²) in [5, 5.41) is 16.7. The number of nitrogens with one attached hydrogen (secondary N) is 1. The van der Waals surface area contributed by atoms with Crippen molar-refractivity contribution in [2.24, 2.45) is 5.73 Å². The van der Waals surface area contributed by atoms with Crippen molar-refractivity contribution in [3.8, 4) is 11.3 Å². The minimum atomic E-state index is -1.12. The second-order valence-corrected chi connectivity index (χ2v) is 9.62. The predicted molar refractivity (Wildman–Crippen MR) is 151 cm³/mol. The van der Waals surface area contributed by atoms with E-state index in [4.69, 9.17) is 21.9 Å². The minimum Gasteiger partial charge on any atom is -0.480 e. The van der Waals surface area contributed by atoms with Crippen molar-refractivity contribution in [3.63, 3.8) is 0 Å². The number of carbonyl (C=O) groups excluding carboxylic acids is 2. The molecule has 0 aliphatic carbocycles. The van der Waals surface area contributed by atoms with Crippen LogP contribution in [0.15, 0.2) is 83.4 Å². The summed E-state index contributed by atoms with van der Waals surface area (Å²) in [6.07, 6.45) is 0.161. The number of carboxylic acids is 1. The van der Waals surface area contributed by atoms with Crippen molar-refractivity contribution in [3.05, 3.63) is 112 Å². The third-order valence-electron chi connectivity index (χ3n) is 6.37. The molecule has 1 heterocycles. The molecule has 4 aromatic rings. The van der Waals surface area contributed by atoms with Gasteiger partial charge in [-0.05, 0) is 36.2 Å². The van der Waals surface area contributed by atoms with E-state index in [0.29, 0.717) is 33.2 Å². The van der Waals surface area contributed by atoms with Gasteiger partial charge in [0, 0.05) is 37.2 Å². The van der Waals surface area contributed by atoms with Gasteiger partial charge in [-0.1, -0.05) is 77.4 Å². The molecule has 0 spiro atoms. The van der Waals surface area contributed by atoms with Crippen molar-refractivity contribution < 1.29 is 24.0 Å². The van der Waals surface area contributed by atoms with Crippen LogP contribution in [0.4, 0.5) is 0 Å². The Bertz CT molecular complexity index is 1490. The first-order valence-electron chi connectivity index (χ1n) is 12.7. The average Bonchev–Trinajstić information content (AvgIpc) is 3.34. The van der Waals surface area contributed by atoms with Gasteiger partial charge in [-0.25, -0.2) is 4.79 Å². The van der Waals surface area contributed by atoms with E-state index < -0.39 is 17.9 Å². The molecular weight excluding hydrogens is 532 g/mol. The van der Waals surface area contributed by atoms with Gasteiger partial charge in [-0.2, -0.15) is 0 Å². The molecule has 10 heteroatoms. The number of carboxylic acid groups (broad SMARTS) is 1. The lowest BCUT2D eigenvalue weighted by molar-refractivity contribution is -0.139. The molecule has 4 rings (SSSR count). The Balaban J connectivity index is 1.48. The fourth-order valence-corrected chi connectivity index (χ4v) is 4.53. The third-order valence-corrected chi connectivity index (χ3v) is 6.70. The number of hydrogen-bond donors (Lipinski definition) is 3. The lowest BCUT2D eigenvalue weighted by atomic mass is 10.0. The molecule has 1 aromatic heterocycles. The van der Waals surface area contributed by atoms with Crippen LogP contribution in [0.2, 0.25) is 5.02 Å². The first-order valence-corrected chi connectivity index (χ1v) is 13.0. The first-order chi connectivity index (χ1) is 19.3. The highest BCUT2D eigenvalue weighted by Crippen LogP contribution is 2.32. The molecule has 4 N–H and O–H groups in total. The van der Waals surface area contributed by atoms with Gasteiger partial charge < -0.3 is 25.6 Å². The minimum absolute atomic E-state index is 0.161. The topological polar surface area (TPSA) is 139 Å². The molecule has 0 aliphatic rings. The SMILES string of the molecule is Cc1onc(-c2ccccc2Cl)c1C(=O)N(CCN)Cc1ccc(C(=O)N[C@@H](Cc2ccccc2)C(=O)O)cc1. The fraction of sp³-hybridized carbons (Fsp3) is 0.200. The predicted octanol–water partition coefficient (Wildman–Crippen LogP) is 4.33. The summed E-state index contributed by atoms with van der Waals surface area (Å²) in [7, 11) is 0. The molecule has 3 aromatic carbocycles. The normalized spacial score (nSPS) is 11.6. The Hall–Kier alpha value is -4.47. The number of amides is 2.